The standard InChI is InChI=1S/2C8H11.C2H7Si.2ClH.Hf/c2*1-2-5-8-6-3-4-7-8;1-3-2;;;/h2*3,6H,2,4-5H2,1H3;3H,1-2H3;2*1H;/q;;;;;+2/p-2. The summed E-state index contributed by atoms with van der Waals surface area (Å²) in [5.41, 5.74) is 3.51. The summed E-state index contributed by atoms with van der Waals surface area (Å²) in [7, 11) is 0. The topological polar surface area (TPSA) is 0 Å². The van der Waals surface area contributed by atoms with Crippen LogP contribution in [0.25, 0.3) is 0 Å². The van der Waals surface area contributed by atoms with Crippen molar-refractivity contribution in [3.8, 4) is 0 Å². The summed E-state index contributed by atoms with van der Waals surface area (Å²) in [5.74, 6) is -0.502. The van der Waals surface area contributed by atoms with Crippen molar-refractivity contribution in [1.82, 2.24) is 0 Å². The molecular formula is C18H29Cl2HfSi. The predicted octanol–water partition coefficient (Wildman–Crippen LogP) is -0.376. The second-order valence-electron chi connectivity index (χ2n) is 6.29. The Hall–Kier alpha value is 0.627. The Balaban J connectivity index is 0.00000220. The zero-order valence-electron chi connectivity index (χ0n) is 14.4. The fourth-order valence-electron chi connectivity index (χ4n) is 3.55. The van der Waals surface area contributed by atoms with Gasteiger partial charge in [-0.3, -0.25) is 0 Å². The minimum atomic E-state index is -1.69. The number of allylic oxidation sites excluding steroid dienone is 8. The molecule has 0 amide bonds. The molecule has 0 bridgehead atoms. The largest absolute Gasteiger partial charge is 1.00 e. The first-order valence-electron chi connectivity index (χ1n) is 8.33. The third-order valence-electron chi connectivity index (χ3n) is 4.32. The van der Waals surface area contributed by atoms with Gasteiger partial charge in [0.2, 0.25) is 0 Å². The molecule has 123 valence electrons. The third kappa shape index (κ3) is 5.33. The molecule has 0 nitrogen and oxygen atoms in total. The Morgan fingerprint density at radius 1 is 0.864 bits per heavy atom. The van der Waals surface area contributed by atoms with E-state index in [0.717, 1.165) is 0 Å². The summed E-state index contributed by atoms with van der Waals surface area (Å²) in [5, 5.41) is 0. The van der Waals surface area contributed by atoms with Crippen molar-refractivity contribution >= 4 is 5.98 Å². The molecular weight excluding hydrogens is 494 g/mol. The minimum absolute atomic E-state index is 0. The van der Waals surface area contributed by atoms with Gasteiger partial charge in [-0.1, -0.05) is 0 Å². The van der Waals surface area contributed by atoms with Crippen molar-refractivity contribution in [2.24, 2.45) is 0 Å². The molecule has 0 unspecified atom stereocenters. The molecule has 0 aromatic heterocycles. The summed E-state index contributed by atoms with van der Waals surface area (Å²) >= 11 is -1.69. The van der Waals surface area contributed by atoms with E-state index in [1.54, 1.807) is 11.1 Å². The van der Waals surface area contributed by atoms with Gasteiger partial charge in [0, 0.05) is 0 Å². The molecule has 2 rings (SSSR count). The first-order chi connectivity index (χ1) is 9.69. The van der Waals surface area contributed by atoms with Crippen molar-refractivity contribution < 1.29 is 45.4 Å². The fourth-order valence-corrected chi connectivity index (χ4v) is 32.7. The molecule has 2 aliphatic rings. The van der Waals surface area contributed by atoms with E-state index in [0.29, 0.717) is 0 Å². The number of rotatable bonds is 7. The molecule has 4 heteroatoms. The van der Waals surface area contributed by atoms with E-state index >= 15 is 0 Å². The van der Waals surface area contributed by atoms with Crippen molar-refractivity contribution in [2.45, 2.75) is 65.5 Å². The SMILES string of the molecule is CCCC1=[C]([Hf+2]([C]2=C(CCC)C=CC2)[SiH](C)C)CC=C1.[Cl-].[Cl-]. The van der Waals surface area contributed by atoms with E-state index in [2.05, 4.69) is 51.2 Å². The van der Waals surface area contributed by atoms with Gasteiger partial charge >= 0.3 is 134 Å². The molecule has 0 saturated heterocycles. The Morgan fingerprint density at radius 2 is 1.27 bits per heavy atom. The summed E-state index contributed by atoms with van der Waals surface area (Å²) in [6.45, 7) is 9.92. The maximum Gasteiger partial charge on any atom is -1.00 e. The third-order valence-corrected chi connectivity index (χ3v) is 32.1. The zero-order chi connectivity index (χ0) is 14.5. The molecule has 0 spiro atoms. The van der Waals surface area contributed by atoms with Gasteiger partial charge in [0.05, 0.1) is 0 Å². The van der Waals surface area contributed by atoms with Gasteiger partial charge in [-0.25, -0.2) is 0 Å². The summed E-state index contributed by atoms with van der Waals surface area (Å²) < 4.78 is 3.98. The van der Waals surface area contributed by atoms with Crippen LogP contribution in [-0.2, 0) is 20.6 Å². The Kier molecular flexibility index (Phi) is 11.5. The van der Waals surface area contributed by atoms with E-state index in [1.165, 1.54) is 38.5 Å². The van der Waals surface area contributed by atoms with Crippen molar-refractivity contribution in [3.05, 3.63) is 42.1 Å². The van der Waals surface area contributed by atoms with Crippen LogP contribution in [0.15, 0.2) is 42.1 Å². The fraction of sp³-hybridized carbons (Fsp3) is 0.556. The summed E-state index contributed by atoms with van der Waals surface area (Å²) in [6, 6.07) is 0. The molecule has 0 aromatic rings. The van der Waals surface area contributed by atoms with Gasteiger partial charge in [0.25, 0.3) is 0 Å². The molecule has 0 aliphatic heterocycles. The van der Waals surface area contributed by atoms with Crippen LogP contribution in [0.4, 0.5) is 0 Å². The number of halogens is 2. The molecule has 0 radical (unpaired) electrons. The maximum absolute atomic E-state index is 2.63. The molecule has 0 heterocycles. The van der Waals surface area contributed by atoms with Crippen molar-refractivity contribution in [3.63, 3.8) is 0 Å². The first-order valence-corrected chi connectivity index (χ1v) is 21.0. The van der Waals surface area contributed by atoms with Gasteiger partial charge < -0.3 is 24.8 Å². The van der Waals surface area contributed by atoms with Gasteiger partial charge in [0.1, 0.15) is 0 Å². The monoisotopic (exact) mass is 523 g/mol. The molecule has 0 saturated carbocycles. The van der Waals surface area contributed by atoms with Crippen LogP contribution in [0.3, 0.4) is 0 Å². The average Bonchev–Trinajstić information content (AvgIpc) is 3.02. The quantitative estimate of drug-likeness (QED) is 0.400. The number of hydrogen-bond acceptors (Lipinski definition) is 0. The smallest absolute Gasteiger partial charge is 1.00 e. The minimum Gasteiger partial charge on any atom is -1.00 e. The van der Waals surface area contributed by atoms with E-state index in [4.69, 9.17) is 0 Å². The Bertz CT molecular complexity index is 435. The normalized spacial score (nSPS) is 16.4. The second kappa shape index (κ2) is 11.2. The molecule has 0 atom stereocenters. The maximum atomic E-state index is 2.63. The van der Waals surface area contributed by atoms with Gasteiger partial charge in [-0.2, -0.15) is 0 Å². The number of hydrogen-bond donors (Lipinski definition) is 0. The molecule has 22 heavy (non-hydrogen) atoms. The average molecular weight is 523 g/mol. The molecule has 0 aromatic carbocycles. The summed E-state index contributed by atoms with van der Waals surface area (Å²) in [6.07, 6.45) is 17.7. The van der Waals surface area contributed by atoms with Gasteiger partial charge in [-0.15, -0.1) is 0 Å². The van der Waals surface area contributed by atoms with E-state index in [1.807, 2.05) is 6.66 Å². The Labute approximate surface area is 158 Å². The van der Waals surface area contributed by atoms with Crippen LogP contribution in [0.1, 0.15) is 52.4 Å². The van der Waals surface area contributed by atoms with Gasteiger partial charge in [0.15, 0.2) is 0 Å². The van der Waals surface area contributed by atoms with Crippen LogP contribution in [-0.4, -0.2) is 5.98 Å². The van der Waals surface area contributed by atoms with E-state index in [9.17, 15) is 0 Å². The second-order valence-corrected chi connectivity index (χ2v) is 33.1. The van der Waals surface area contributed by atoms with E-state index in [-0.39, 0.29) is 24.8 Å². The van der Waals surface area contributed by atoms with Crippen LogP contribution in [0, 0.1) is 0 Å². The summed E-state index contributed by atoms with van der Waals surface area (Å²) in [4.78, 5) is 0. The molecule has 2 aliphatic carbocycles. The first kappa shape index (κ1) is 22.6. The van der Waals surface area contributed by atoms with Crippen LogP contribution in [0.5, 0.6) is 0 Å². The van der Waals surface area contributed by atoms with Crippen LogP contribution in [0.2, 0.25) is 13.1 Å². The molecule has 0 N–H and O–H groups in total. The zero-order valence-corrected chi connectivity index (χ0v) is 20.6. The molecule has 0 fully saturated rings. The van der Waals surface area contributed by atoms with Crippen LogP contribution < -0.4 is 24.8 Å². The van der Waals surface area contributed by atoms with Crippen molar-refractivity contribution in [2.75, 3.05) is 0 Å². The van der Waals surface area contributed by atoms with Crippen LogP contribution >= 0.6 is 0 Å². The predicted molar refractivity (Wildman–Crippen MR) is 90.3 cm³/mol. The van der Waals surface area contributed by atoms with Crippen molar-refractivity contribution in [1.29, 1.82) is 0 Å². The van der Waals surface area contributed by atoms with Gasteiger partial charge in [-0.05, 0) is 0 Å². The Morgan fingerprint density at radius 3 is 1.59 bits per heavy atom. The van der Waals surface area contributed by atoms with E-state index < -0.39 is 26.6 Å².